The molecule has 1 aromatic carbocycles. The van der Waals surface area contributed by atoms with Crippen molar-refractivity contribution < 1.29 is 19.0 Å². The van der Waals surface area contributed by atoms with E-state index in [0.29, 0.717) is 13.2 Å². The fraction of sp³-hybridized carbons (Fsp3) is 0.417. The molecule has 0 aliphatic carbocycles. The Kier molecular flexibility index (Phi) is 3.13. The smallest absolute Gasteiger partial charge is 0.321 e. The van der Waals surface area contributed by atoms with Crippen LogP contribution in [0, 0.1) is 5.82 Å². The molecule has 0 amide bonds. The van der Waals surface area contributed by atoms with Crippen LogP contribution in [0.1, 0.15) is 5.56 Å². The Bertz CT molecular complexity index is 414. The van der Waals surface area contributed by atoms with E-state index in [1.165, 1.54) is 12.1 Å². The van der Waals surface area contributed by atoms with Crippen molar-refractivity contribution in [3.8, 4) is 0 Å². The summed E-state index contributed by atoms with van der Waals surface area (Å²) in [5.41, 5.74) is 0.181. The van der Waals surface area contributed by atoms with Crippen LogP contribution in [-0.4, -0.2) is 37.4 Å². The quantitative estimate of drug-likeness (QED) is 0.814. The van der Waals surface area contributed by atoms with E-state index < -0.39 is 17.4 Å². The van der Waals surface area contributed by atoms with E-state index in [1.54, 1.807) is 19.2 Å². The molecule has 1 aliphatic rings. The van der Waals surface area contributed by atoms with Crippen LogP contribution in [0.15, 0.2) is 24.3 Å². The van der Waals surface area contributed by atoms with Gasteiger partial charge < -0.3 is 15.2 Å². The molecule has 0 bridgehead atoms. The Labute approximate surface area is 98.4 Å². The number of ether oxygens (including phenoxy) is 1. The Balaban J connectivity index is 2.36. The number of likely N-dealkylation sites (N-methyl/N-ethyl adjacent to an activating group) is 1. The molecule has 0 radical (unpaired) electrons. The molecule has 2 N–H and O–H groups in total. The molecular formula is C12H14FNO3. The first kappa shape index (κ1) is 12.0. The summed E-state index contributed by atoms with van der Waals surface area (Å²) in [4.78, 5) is 11.2. The van der Waals surface area contributed by atoms with E-state index in [1.807, 2.05) is 0 Å². The standard InChI is InChI=1S/C12H14FNO3/c1-14-10(11(15)16)12(6-17-7-12)8-2-4-9(13)5-3-8/h2-5,10,14H,6-7H2,1H3,(H,15,16). The number of hydrogen-bond donors (Lipinski definition) is 2. The third-order valence-corrected chi connectivity index (χ3v) is 3.23. The first-order valence-corrected chi connectivity index (χ1v) is 5.34. The molecule has 92 valence electrons. The number of carboxylic acid groups (broad SMARTS) is 1. The number of benzene rings is 1. The van der Waals surface area contributed by atoms with Gasteiger partial charge in [0, 0.05) is 0 Å². The van der Waals surface area contributed by atoms with E-state index in [4.69, 9.17) is 4.74 Å². The summed E-state index contributed by atoms with van der Waals surface area (Å²) in [5.74, 6) is -1.26. The highest BCUT2D eigenvalue weighted by atomic mass is 19.1. The zero-order chi connectivity index (χ0) is 12.5. The maximum Gasteiger partial charge on any atom is 0.321 e. The summed E-state index contributed by atoms with van der Waals surface area (Å²) in [6.07, 6.45) is 0. The minimum atomic E-state index is -0.930. The number of nitrogens with one attached hydrogen (secondary N) is 1. The van der Waals surface area contributed by atoms with E-state index in [-0.39, 0.29) is 5.82 Å². The molecule has 2 rings (SSSR count). The van der Waals surface area contributed by atoms with Crippen LogP contribution in [0.4, 0.5) is 4.39 Å². The minimum Gasteiger partial charge on any atom is -0.480 e. The maximum absolute atomic E-state index is 12.9. The molecule has 0 spiro atoms. The van der Waals surface area contributed by atoms with Crippen LogP contribution in [-0.2, 0) is 14.9 Å². The molecule has 5 heteroatoms. The van der Waals surface area contributed by atoms with Crippen molar-refractivity contribution in [2.45, 2.75) is 11.5 Å². The molecule has 1 heterocycles. The summed E-state index contributed by atoms with van der Waals surface area (Å²) < 4.78 is 18.0. The first-order valence-electron chi connectivity index (χ1n) is 5.34. The Morgan fingerprint density at radius 3 is 2.41 bits per heavy atom. The molecule has 1 unspecified atom stereocenters. The molecule has 0 aromatic heterocycles. The van der Waals surface area contributed by atoms with Gasteiger partial charge in [-0.3, -0.25) is 4.79 Å². The number of carbonyl (C=O) groups is 1. The third kappa shape index (κ3) is 1.92. The number of hydrogen-bond acceptors (Lipinski definition) is 3. The average molecular weight is 239 g/mol. The Morgan fingerprint density at radius 2 is 2.06 bits per heavy atom. The second-order valence-electron chi connectivity index (χ2n) is 4.22. The molecule has 0 saturated carbocycles. The van der Waals surface area contributed by atoms with Gasteiger partial charge in [0.15, 0.2) is 0 Å². The van der Waals surface area contributed by atoms with Gasteiger partial charge in [-0.2, -0.15) is 0 Å². The lowest BCUT2D eigenvalue weighted by Crippen LogP contribution is -2.62. The normalized spacial score (nSPS) is 19.4. The summed E-state index contributed by atoms with van der Waals surface area (Å²) >= 11 is 0. The molecule has 1 fully saturated rings. The van der Waals surface area contributed by atoms with Crippen molar-refractivity contribution in [2.24, 2.45) is 0 Å². The molecular weight excluding hydrogens is 225 g/mol. The molecule has 1 atom stereocenters. The van der Waals surface area contributed by atoms with Gasteiger partial charge in [0.1, 0.15) is 11.9 Å². The Morgan fingerprint density at radius 1 is 1.47 bits per heavy atom. The lowest BCUT2D eigenvalue weighted by Gasteiger charge is -2.45. The Hall–Kier alpha value is -1.46. The largest absolute Gasteiger partial charge is 0.480 e. The molecule has 1 aliphatic heterocycles. The number of carboxylic acids is 1. The van der Waals surface area contributed by atoms with E-state index >= 15 is 0 Å². The van der Waals surface area contributed by atoms with Crippen molar-refractivity contribution >= 4 is 5.97 Å². The van der Waals surface area contributed by atoms with Gasteiger partial charge in [-0.05, 0) is 24.7 Å². The topological polar surface area (TPSA) is 58.6 Å². The predicted octanol–water partition coefficient (Wildman–Crippen LogP) is 0.766. The van der Waals surface area contributed by atoms with Gasteiger partial charge in [-0.1, -0.05) is 12.1 Å². The molecule has 4 nitrogen and oxygen atoms in total. The SMILES string of the molecule is CNC(C(=O)O)C1(c2ccc(F)cc2)COC1. The van der Waals surface area contributed by atoms with Crippen molar-refractivity contribution in [3.05, 3.63) is 35.6 Å². The number of halogens is 1. The second kappa shape index (κ2) is 4.43. The summed E-state index contributed by atoms with van der Waals surface area (Å²) in [5, 5.41) is 12.0. The van der Waals surface area contributed by atoms with Crippen LogP contribution in [0.5, 0.6) is 0 Å². The number of aliphatic carboxylic acids is 1. The number of rotatable bonds is 4. The van der Waals surface area contributed by atoms with Crippen LogP contribution < -0.4 is 5.32 Å². The van der Waals surface area contributed by atoms with Crippen molar-refractivity contribution in [1.82, 2.24) is 5.32 Å². The maximum atomic E-state index is 12.9. The summed E-state index contributed by atoms with van der Waals surface area (Å²) in [6.45, 7) is 0.660. The highest BCUT2D eigenvalue weighted by Gasteiger charge is 2.50. The van der Waals surface area contributed by atoms with Crippen LogP contribution >= 0.6 is 0 Å². The van der Waals surface area contributed by atoms with Gasteiger partial charge in [-0.15, -0.1) is 0 Å². The summed E-state index contributed by atoms with van der Waals surface area (Å²) in [6, 6.07) is 5.17. The highest BCUT2D eigenvalue weighted by molar-refractivity contribution is 5.76. The van der Waals surface area contributed by atoms with Gasteiger partial charge in [0.2, 0.25) is 0 Å². The first-order chi connectivity index (χ1) is 8.10. The van der Waals surface area contributed by atoms with Crippen LogP contribution in [0.2, 0.25) is 0 Å². The predicted molar refractivity (Wildman–Crippen MR) is 59.4 cm³/mol. The minimum absolute atomic E-state index is 0.330. The van der Waals surface area contributed by atoms with E-state index in [2.05, 4.69) is 5.32 Å². The average Bonchev–Trinajstić information content (AvgIpc) is 2.24. The second-order valence-corrected chi connectivity index (χ2v) is 4.22. The fourth-order valence-corrected chi connectivity index (χ4v) is 2.24. The van der Waals surface area contributed by atoms with Gasteiger partial charge in [0.25, 0.3) is 0 Å². The van der Waals surface area contributed by atoms with Gasteiger partial charge >= 0.3 is 5.97 Å². The lowest BCUT2D eigenvalue weighted by molar-refractivity contribution is -0.150. The fourth-order valence-electron chi connectivity index (χ4n) is 2.24. The van der Waals surface area contributed by atoms with Crippen LogP contribution in [0.3, 0.4) is 0 Å². The third-order valence-electron chi connectivity index (χ3n) is 3.23. The van der Waals surface area contributed by atoms with Crippen molar-refractivity contribution in [1.29, 1.82) is 0 Å². The van der Waals surface area contributed by atoms with Crippen molar-refractivity contribution in [3.63, 3.8) is 0 Å². The van der Waals surface area contributed by atoms with E-state index in [0.717, 1.165) is 5.56 Å². The molecule has 1 saturated heterocycles. The molecule has 17 heavy (non-hydrogen) atoms. The highest BCUT2D eigenvalue weighted by Crippen LogP contribution is 2.36. The zero-order valence-electron chi connectivity index (χ0n) is 9.44. The lowest BCUT2D eigenvalue weighted by atomic mass is 9.72. The molecule has 1 aromatic rings. The van der Waals surface area contributed by atoms with Crippen LogP contribution in [0.25, 0.3) is 0 Å². The monoisotopic (exact) mass is 239 g/mol. The van der Waals surface area contributed by atoms with Gasteiger partial charge in [-0.25, -0.2) is 4.39 Å². The van der Waals surface area contributed by atoms with E-state index in [9.17, 15) is 14.3 Å². The zero-order valence-corrected chi connectivity index (χ0v) is 9.44. The summed E-state index contributed by atoms with van der Waals surface area (Å²) in [7, 11) is 1.60. The van der Waals surface area contributed by atoms with Gasteiger partial charge in [0.05, 0.1) is 18.6 Å². The van der Waals surface area contributed by atoms with Crippen molar-refractivity contribution in [2.75, 3.05) is 20.3 Å².